The average Bonchev–Trinajstić information content (AvgIpc) is 2.92. The van der Waals surface area contributed by atoms with Crippen LogP contribution in [0, 0.1) is 0 Å². The first-order chi connectivity index (χ1) is 12.6. The van der Waals surface area contributed by atoms with Crippen molar-refractivity contribution in [1.82, 2.24) is 20.6 Å². The van der Waals surface area contributed by atoms with Gasteiger partial charge < -0.3 is 10.6 Å². The van der Waals surface area contributed by atoms with Crippen LogP contribution < -0.4 is 16.0 Å². The number of halogens is 1. The van der Waals surface area contributed by atoms with Gasteiger partial charge >= 0.3 is 0 Å². The third kappa shape index (κ3) is 5.29. The predicted octanol–water partition coefficient (Wildman–Crippen LogP) is 2.66. The van der Waals surface area contributed by atoms with Gasteiger partial charge in [-0.2, -0.15) is 0 Å². The normalized spacial score (nSPS) is 15.3. The molecule has 1 saturated heterocycles. The third-order valence-electron chi connectivity index (χ3n) is 3.40. The van der Waals surface area contributed by atoms with E-state index in [0.717, 1.165) is 28.9 Å². The highest BCUT2D eigenvalue weighted by Crippen LogP contribution is 2.25. The Morgan fingerprint density at radius 3 is 2.88 bits per heavy atom. The van der Waals surface area contributed by atoms with Crippen molar-refractivity contribution in [2.75, 3.05) is 18.4 Å². The number of hydrogen-bond acceptors (Lipinski definition) is 7. The lowest BCUT2D eigenvalue weighted by molar-refractivity contribution is -0.115. The van der Waals surface area contributed by atoms with Gasteiger partial charge in [0.25, 0.3) is 11.1 Å². The fourth-order valence-corrected chi connectivity index (χ4v) is 3.12. The number of benzene rings is 1. The van der Waals surface area contributed by atoms with E-state index in [4.69, 9.17) is 11.6 Å². The minimum absolute atomic E-state index is 0.322. The number of amides is 2. The quantitative estimate of drug-likeness (QED) is 0.494. The van der Waals surface area contributed by atoms with E-state index in [1.807, 2.05) is 24.3 Å². The molecule has 1 aliphatic heterocycles. The van der Waals surface area contributed by atoms with E-state index < -0.39 is 5.91 Å². The summed E-state index contributed by atoms with van der Waals surface area (Å²) in [7, 11) is 0. The van der Waals surface area contributed by atoms with Crippen molar-refractivity contribution in [3.05, 3.63) is 57.7 Å². The van der Waals surface area contributed by atoms with Crippen molar-refractivity contribution in [3.8, 4) is 0 Å². The van der Waals surface area contributed by atoms with E-state index in [1.54, 1.807) is 18.3 Å². The molecule has 2 amide bonds. The van der Waals surface area contributed by atoms with Crippen molar-refractivity contribution in [2.24, 2.45) is 0 Å². The average molecular weight is 390 g/mol. The number of anilines is 1. The molecule has 2 aromatic rings. The zero-order chi connectivity index (χ0) is 18.4. The molecule has 0 bridgehead atoms. The lowest BCUT2D eigenvalue weighted by Gasteiger charge is -2.07. The van der Waals surface area contributed by atoms with Gasteiger partial charge in [0.2, 0.25) is 5.95 Å². The Hall–Kier alpha value is -2.42. The second kappa shape index (κ2) is 8.79. The molecule has 0 atom stereocenters. The number of thioether (sulfide) groups is 1. The summed E-state index contributed by atoms with van der Waals surface area (Å²) in [5, 5.41) is 8.97. The number of rotatable bonds is 7. The first kappa shape index (κ1) is 18.4. The Labute approximate surface area is 159 Å². The van der Waals surface area contributed by atoms with Gasteiger partial charge in [0.05, 0.1) is 10.6 Å². The first-order valence-corrected chi connectivity index (χ1v) is 9.06. The molecule has 0 radical (unpaired) electrons. The molecule has 26 heavy (non-hydrogen) atoms. The number of nitrogens with zero attached hydrogens (tertiary/aromatic N) is 2. The first-order valence-electron chi connectivity index (χ1n) is 7.87. The summed E-state index contributed by atoms with van der Waals surface area (Å²) in [6.45, 7) is 2.07. The number of nitrogens with one attached hydrogen (secondary N) is 3. The molecule has 0 saturated carbocycles. The molecule has 2 heterocycles. The van der Waals surface area contributed by atoms with Crippen molar-refractivity contribution in [1.29, 1.82) is 0 Å². The van der Waals surface area contributed by atoms with Crippen LogP contribution in [-0.4, -0.2) is 34.2 Å². The maximum Gasteiger partial charge on any atom is 0.290 e. The standard InChI is InChI=1S/C17H16ClN5O2S/c18-12-3-1-2-11(8-12)10-19-6-7-21-16-20-5-4-13(22-16)9-14-15(24)23-17(25)26-14/h1-5,8-9,19H,6-7,10H2,(H,20,21,22)(H,23,24,25)/b14-9+. The van der Waals surface area contributed by atoms with Crippen LogP contribution in [-0.2, 0) is 11.3 Å². The molecule has 1 aromatic heterocycles. The fourth-order valence-electron chi connectivity index (χ4n) is 2.24. The van der Waals surface area contributed by atoms with Gasteiger partial charge in [-0.1, -0.05) is 23.7 Å². The molecule has 1 aliphatic rings. The summed E-state index contributed by atoms with van der Waals surface area (Å²) < 4.78 is 0. The molecule has 7 nitrogen and oxygen atoms in total. The van der Waals surface area contributed by atoms with Gasteiger partial charge in [0.15, 0.2) is 0 Å². The maximum absolute atomic E-state index is 11.6. The molecule has 1 aromatic carbocycles. The Balaban J connectivity index is 1.47. The van der Waals surface area contributed by atoms with E-state index >= 15 is 0 Å². The molecule has 3 N–H and O–H groups in total. The fraction of sp³-hybridized carbons (Fsp3) is 0.176. The second-order valence-corrected chi connectivity index (χ2v) is 6.84. The summed E-state index contributed by atoms with van der Waals surface area (Å²) in [5.41, 5.74) is 1.67. The minimum atomic E-state index is -0.404. The van der Waals surface area contributed by atoms with Crippen LogP contribution in [0.5, 0.6) is 0 Å². The van der Waals surface area contributed by atoms with E-state index in [0.29, 0.717) is 29.6 Å². The Kier molecular flexibility index (Phi) is 6.21. The molecule has 134 valence electrons. The summed E-state index contributed by atoms with van der Waals surface area (Å²) in [6, 6.07) is 9.36. The lowest BCUT2D eigenvalue weighted by Crippen LogP contribution is -2.22. The molecule has 0 unspecified atom stereocenters. The summed E-state index contributed by atoms with van der Waals surface area (Å²) in [6.07, 6.45) is 3.16. The smallest absolute Gasteiger partial charge is 0.290 e. The molecular formula is C17H16ClN5O2S. The van der Waals surface area contributed by atoms with Crippen molar-refractivity contribution in [3.63, 3.8) is 0 Å². The topological polar surface area (TPSA) is 96.0 Å². The number of hydrogen-bond donors (Lipinski definition) is 3. The summed E-state index contributed by atoms with van der Waals surface area (Å²) in [5.74, 6) is 0.0528. The van der Waals surface area contributed by atoms with Crippen molar-refractivity contribution in [2.45, 2.75) is 6.54 Å². The molecule has 3 rings (SSSR count). The van der Waals surface area contributed by atoms with Gasteiger partial charge in [0, 0.05) is 30.9 Å². The number of carbonyl (C=O) groups is 2. The molecule has 0 spiro atoms. The van der Waals surface area contributed by atoms with Crippen LogP contribution in [0.2, 0.25) is 5.02 Å². The highest BCUT2D eigenvalue weighted by atomic mass is 35.5. The summed E-state index contributed by atoms with van der Waals surface area (Å²) in [4.78, 5) is 31.5. The summed E-state index contributed by atoms with van der Waals surface area (Å²) >= 11 is 6.81. The molecule has 9 heteroatoms. The maximum atomic E-state index is 11.6. The monoisotopic (exact) mass is 389 g/mol. The Bertz CT molecular complexity index is 859. The zero-order valence-electron chi connectivity index (χ0n) is 13.7. The second-order valence-electron chi connectivity index (χ2n) is 5.39. The highest BCUT2D eigenvalue weighted by molar-refractivity contribution is 8.18. The van der Waals surface area contributed by atoms with Gasteiger partial charge in [-0.15, -0.1) is 0 Å². The van der Waals surface area contributed by atoms with Crippen molar-refractivity contribution >= 4 is 46.5 Å². The van der Waals surface area contributed by atoms with Crippen LogP contribution in [0.25, 0.3) is 6.08 Å². The zero-order valence-corrected chi connectivity index (χ0v) is 15.2. The predicted molar refractivity (Wildman–Crippen MR) is 103 cm³/mol. The number of aromatic nitrogens is 2. The Morgan fingerprint density at radius 2 is 2.12 bits per heavy atom. The van der Waals surface area contributed by atoms with Crippen LogP contribution in [0.4, 0.5) is 10.7 Å². The lowest BCUT2D eigenvalue weighted by atomic mass is 10.2. The van der Waals surface area contributed by atoms with Gasteiger partial charge in [-0.3, -0.25) is 14.9 Å². The van der Waals surface area contributed by atoms with Crippen LogP contribution in [0.3, 0.4) is 0 Å². The van der Waals surface area contributed by atoms with E-state index in [9.17, 15) is 9.59 Å². The minimum Gasteiger partial charge on any atom is -0.353 e. The molecular weight excluding hydrogens is 374 g/mol. The Morgan fingerprint density at radius 1 is 1.23 bits per heavy atom. The molecule has 0 aliphatic carbocycles. The van der Waals surface area contributed by atoms with Gasteiger partial charge in [-0.05, 0) is 41.6 Å². The third-order valence-corrected chi connectivity index (χ3v) is 4.45. The number of carbonyl (C=O) groups excluding carboxylic acids is 2. The van der Waals surface area contributed by atoms with E-state index in [1.165, 1.54) is 0 Å². The van der Waals surface area contributed by atoms with Gasteiger partial charge in [-0.25, -0.2) is 9.97 Å². The van der Waals surface area contributed by atoms with Crippen LogP contribution >= 0.6 is 23.4 Å². The van der Waals surface area contributed by atoms with E-state index in [2.05, 4.69) is 25.9 Å². The van der Waals surface area contributed by atoms with Crippen LogP contribution in [0.1, 0.15) is 11.3 Å². The largest absolute Gasteiger partial charge is 0.353 e. The van der Waals surface area contributed by atoms with Crippen LogP contribution in [0.15, 0.2) is 41.4 Å². The van der Waals surface area contributed by atoms with E-state index in [-0.39, 0.29) is 5.24 Å². The molecule has 1 fully saturated rings. The number of imide groups is 1. The van der Waals surface area contributed by atoms with Gasteiger partial charge in [0.1, 0.15) is 0 Å². The van der Waals surface area contributed by atoms with Crippen molar-refractivity contribution < 1.29 is 9.59 Å². The SMILES string of the molecule is O=C1NC(=O)/C(=C\c2ccnc(NCCNCc3cccc(Cl)c3)n2)S1. The highest BCUT2D eigenvalue weighted by Gasteiger charge is 2.25.